The van der Waals surface area contributed by atoms with E-state index in [1.54, 1.807) is 4.68 Å². The second-order valence-electron chi connectivity index (χ2n) is 4.51. The highest BCUT2D eigenvalue weighted by molar-refractivity contribution is 9.10. The normalized spacial score (nSPS) is 13.8. The first-order valence-electron chi connectivity index (χ1n) is 6.55. The highest BCUT2D eigenvalue weighted by Crippen LogP contribution is 2.25. The average Bonchev–Trinajstić information content (AvgIpc) is 3.01. The Bertz CT molecular complexity index is 817. The first-order chi connectivity index (χ1) is 9.67. The topological polar surface area (TPSA) is 43.1 Å². The maximum atomic E-state index is 12.3. The van der Waals surface area contributed by atoms with Gasteiger partial charge in [-0.1, -0.05) is 0 Å². The molecule has 0 saturated carbocycles. The summed E-state index contributed by atoms with van der Waals surface area (Å²) in [4.78, 5) is 14.4. The van der Waals surface area contributed by atoms with E-state index in [-0.39, 0.29) is 5.56 Å². The van der Waals surface area contributed by atoms with Crippen molar-refractivity contribution in [2.45, 2.75) is 26.9 Å². The first-order valence-corrected chi connectivity index (χ1v) is 8.12. The Kier molecular flexibility index (Phi) is 3.55. The Morgan fingerprint density at radius 2 is 2.10 bits per heavy atom. The van der Waals surface area contributed by atoms with Gasteiger partial charge in [0.05, 0.1) is 4.53 Å². The van der Waals surface area contributed by atoms with Gasteiger partial charge in [0, 0.05) is 37.2 Å². The lowest BCUT2D eigenvalue weighted by Crippen LogP contribution is -2.33. The summed E-state index contributed by atoms with van der Waals surface area (Å²) in [6.45, 7) is 6.20. The Hall–Kier alpha value is -1.34. The van der Waals surface area contributed by atoms with E-state index < -0.39 is 0 Å². The van der Waals surface area contributed by atoms with Crippen LogP contribution in [0.15, 0.2) is 15.5 Å². The monoisotopic (exact) mass is 354 g/mol. The Balaban J connectivity index is 2.19. The Morgan fingerprint density at radius 3 is 2.80 bits per heavy atom. The van der Waals surface area contributed by atoms with Gasteiger partial charge < -0.3 is 4.90 Å². The summed E-state index contributed by atoms with van der Waals surface area (Å²) >= 11 is 4.96. The lowest BCUT2D eigenvalue weighted by Gasteiger charge is -2.23. The van der Waals surface area contributed by atoms with Crippen molar-refractivity contribution in [1.29, 1.82) is 0 Å². The molecule has 0 atom stereocenters. The second kappa shape index (κ2) is 5.21. The molecule has 106 valence electrons. The van der Waals surface area contributed by atoms with Gasteiger partial charge in [-0.15, -0.1) is 0 Å². The highest BCUT2D eigenvalue weighted by Gasteiger charge is 2.21. The summed E-state index contributed by atoms with van der Waals surface area (Å²) in [5.74, 6) is 0.910. The van der Waals surface area contributed by atoms with Gasteiger partial charge in [-0.25, -0.2) is 4.68 Å². The largest absolute Gasteiger partial charge is 0.328 e. The maximum Gasteiger partial charge on any atom is 0.283 e. The fraction of sp³-hybridized carbons (Fsp3) is 0.385. The fourth-order valence-electron chi connectivity index (χ4n) is 2.51. The van der Waals surface area contributed by atoms with Crippen LogP contribution in [0.4, 0.5) is 5.82 Å². The molecule has 0 N–H and O–H groups in total. The lowest BCUT2D eigenvalue weighted by atomic mass is 10.3. The molecule has 0 spiro atoms. The van der Waals surface area contributed by atoms with Gasteiger partial charge >= 0.3 is 0 Å². The quantitative estimate of drug-likeness (QED) is 0.824. The van der Waals surface area contributed by atoms with Crippen molar-refractivity contribution >= 4 is 45.6 Å². The zero-order valence-corrected chi connectivity index (χ0v) is 13.7. The molecule has 1 aliphatic heterocycles. The second-order valence-corrected chi connectivity index (χ2v) is 6.13. The van der Waals surface area contributed by atoms with Crippen molar-refractivity contribution in [3.05, 3.63) is 30.8 Å². The number of nitrogens with zero attached hydrogens (tertiary/aromatic N) is 4. The molecule has 5 nitrogen and oxygen atoms in total. The number of hydrogen-bond acceptors (Lipinski definition) is 4. The molecule has 20 heavy (non-hydrogen) atoms. The molecule has 0 aliphatic carbocycles. The van der Waals surface area contributed by atoms with E-state index in [9.17, 15) is 4.79 Å². The van der Waals surface area contributed by atoms with Gasteiger partial charge in [-0.05, 0) is 47.4 Å². The SMILES string of the molecule is CCn1c(N2C=c3cnsc3=CC2)c(Br)c(=O)n1CC. The zero-order chi connectivity index (χ0) is 14.3. The predicted molar refractivity (Wildman–Crippen MR) is 85.4 cm³/mol. The van der Waals surface area contributed by atoms with E-state index in [4.69, 9.17) is 0 Å². The zero-order valence-electron chi connectivity index (χ0n) is 11.3. The number of fused-ring (bicyclic) bond motifs is 1. The van der Waals surface area contributed by atoms with E-state index in [0.29, 0.717) is 11.0 Å². The van der Waals surface area contributed by atoms with Crippen LogP contribution in [-0.2, 0) is 13.1 Å². The van der Waals surface area contributed by atoms with Crippen LogP contribution in [0.1, 0.15) is 13.8 Å². The van der Waals surface area contributed by atoms with Crippen molar-refractivity contribution in [3.8, 4) is 0 Å². The van der Waals surface area contributed by atoms with Gasteiger partial charge in [0.25, 0.3) is 5.56 Å². The number of rotatable bonds is 3. The molecule has 0 fully saturated rings. The summed E-state index contributed by atoms with van der Waals surface area (Å²) in [5, 5.41) is 1.10. The van der Waals surface area contributed by atoms with Crippen LogP contribution in [0.25, 0.3) is 12.3 Å². The number of anilines is 1. The van der Waals surface area contributed by atoms with Gasteiger partial charge in [-0.3, -0.25) is 9.48 Å². The third-order valence-electron chi connectivity index (χ3n) is 3.42. The molecule has 0 aromatic carbocycles. The summed E-state index contributed by atoms with van der Waals surface area (Å²) in [5.41, 5.74) is 0.0204. The van der Waals surface area contributed by atoms with E-state index in [0.717, 1.165) is 24.1 Å². The van der Waals surface area contributed by atoms with E-state index in [2.05, 4.69) is 37.5 Å². The fourth-order valence-corrected chi connectivity index (χ4v) is 3.79. The van der Waals surface area contributed by atoms with Crippen LogP contribution in [-0.4, -0.2) is 20.3 Å². The molecule has 2 aromatic rings. The highest BCUT2D eigenvalue weighted by atomic mass is 79.9. The smallest absolute Gasteiger partial charge is 0.283 e. The van der Waals surface area contributed by atoms with Crippen molar-refractivity contribution < 1.29 is 0 Å². The van der Waals surface area contributed by atoms with Gasteiger partial charge in [-0.2, -0.15) is 4.37 Å². The molecule has 2 aromatic heterocycles. The molecule has 0 bridgehead atoms. The minimum atomic E-state index is 0.0204. The third-order valence-corrected chi connectivity index (χ3v) is 4.92. The average molecular weight is 355 g/mol. The first kappa shape index (κ1) is 13.6. The lowest BCUT2D eigenvalue weighted by molar-refractivity contribution is 0.478. The van der Waals surface area contributed by atoms with Gasteiger partial charge in [0.2, 0.25) is 0 Å². The number of hydrogen-bond donors (Lipinski definition) is 0. The van der Waals surface area contributed by atoms with E-state index in [1.807, 2.05) is 24.7 Å². The van der Waals surface area contributed by atoms with Crippen molar-refractivity contribution in [3.63, 3.8) is 0 Å². The molecule has 3 heterocycles. The molecule has 7 heteroatoms. The third kappa shape index (κ3) is 1.96. The number of halogens is 1. The van der Waals surface area contributed by atoms with Crippen LogP contribution in [0.3, 0.4) is 0 Å². The summed E-state index contributed by atoms with van der Waals surface area (Å²) in [7, 11) is 0. The molecule has 1 aliphatic rings. The number of aromatic nitrogens is 3. The minimum absolute atomic E-state index is 0.0204. The van der Waals surface area contributed by atoms with Crippen LogP contribution >= 0.6 is 27.5 Å². The van der Waals surface area contributed by atoms with Crippen LogP contribution in [0.2, 0.25) is 0 Å². The molecule has 0 saturated heterocycles. The van der Waals surface area contributed by atoms with Crippen molar-refractivity contribution in [1.82, 2.24) is 13.7 Å². The van der Waals surface area contributed by atoms with E-state index in [1.165, 1.54) is 16.1 Å². The van der Waals surface area contributed by atoms with Crippen LogP contribution in [0, 0.1) is 0 Å². The minimum Gasteiger partial charge on any atom is -0.328 e. The molecule has 0 radical (unpaired) electrons. The molecular weight excluding hydrogens is 340 g/mol. The van der Waals surface area contributed by atoms with Gasteiger partial charge in [0.1, 0.15) is 10.3 Å². The van der Waals surface area contributed by atoms with E-state index >= 15 is 0 Å². The molecule has 3 rings (SSSR count). The molecular formula is C13H15BrN4OS. The van der Waals surface area contributed by atoms with Crippen molar-refractivity contribution in [2.75, 3.05) is 11.4 Å². The Labute approximate surface area is 128 Å². The van der Waals surface area contributed by atoms with Crippen molar-refractivity contribution in [2.24, 2.45) is 0 Å². The summed E-state index contributed by atoms with van der Waals surface area (Å²) in [6, 6.07) is 0. The summed E-state index contributed by atoms with van der Waals surface area (Å²) < 4.78 is 9.79. The summed E-state index contributed by atoms with van der Waals surface area (Å²) in [6.07, 6.45) is 6.07. The van der Waals surface area contributed by atoms with Gasteiger partial charge in [0.15, 0.2) is 0 Å². The maximum absolute atomic E-state index is 12.3. The molecule has 0 unspecified atom stereocenters. The predicted octanol–water partition coefficient (Wildman–Crippen LogP) is 0.947. The Morgan fingerprint density at radius 1 is 1.35 bits per heavy atom. The van der Waals surface area contributed by atoms with Crippen LogP contribution in [0.5, 0.6) is 0 Å². The van der Waals surface area contributed by atoms with Crippen LogP contribution < -0.4 is 20.2 Å². The standard InChI is InChI=1S/C13H15BrN4OS/c1-3-17-12(11(14)13(19)18(17)4-2)16-6-5-10-9(8-16)7-15-20-10/h5,7-8H,3-4,6H2,1-2H3. The molecule has 0 amide bonds.